The minimum absolute atomic E-state index is 0.144. The molecule has 2 aromatic heterocycles. The Bertz CT molecular complexity index is 1510. The van der Waals surface area contributed by atoms with Crippen molar-refractivity contribution in [1.29, 1.82) is 0 Å². The summed E-state index contributed by atoms with van der Waals surface area (Å²) in [7, 11) is 1.31. The fourth-order valence-corrected chi connectivity index (χ4v) is 4.76. The second kappa shape index (κ2) is 8.74. The Morgan fingerprint density at radius 3 is 2.62 bits per heavy atom. The molecule has 1 aliphatic rings. The highest BCUT2D eigenvalue weighted by molar-refractivity contribution is 5.91. The number of esters is 1. The summed E-state index contributed by atoms with van der Waals surface area (Å²) < 4.78 is 23.1. The summed E-state index contributed by atoms with van der Waals surface area (Å²) in [6.45, 7) is 0.170. The van der Waals surface area contributed by atoms with Crippen LogP contribution in [0.15, 0.2) is 64.4 Å². The Balaban J connectivity index is 1.76. The van der Waals surface area contributed by atoms with Crippen molar-refractivity contribution in [3.63, 3.8) is 0 Å². The molecule has 0 aliphatic heterocycles. The summed E-state index contributed by atoms with van der Waals surface area (Å²) in [5.41, 5.74) is 0.705. The number of carbonyl (C=O) groups is 1. The van der Waals surface area contributed by atoms with Crippen LogP contribution >= 0.6 is 0 Å². The highest BCUT2D eigenvalue weighted by atomic mass is 19.1. The third kappa shape index (κ3) is 3.63. The van der Waals surface area contributed by atoms with Crippen molar-refractivity contribution in [1.82, 2.24) is 18.7 Å². The number of benzene rings is 2. The fraction of sp³-hybridized carbons (Fsp3) is 0.280. The van der Waals surface area contributed by atoms with Crippen LogP contribution in [0.5, 0.6) is 0 Å². The molecule has 2 heterocycles. The molecule has 34 heavy (non-hydrogen) atoms. The molecule has 0 spiro atoms. The second-order valence-corrected chi connectivity index (χ2v) is 8.40. The Morgan fingerprint density at radius 2 is 1.88 bits per heavy atom. The summed E-state index contributed by atoms with van der Waals surface area (Å²) in [5, 5.41) is 0. The Morgan fingerprint density at radius 1 is 1.12 bits per heavy atom. The Hall–Kier alpha value is -4.01. The lowest BCUT2D eigenvalue weighted by Crippen LogP contribution is -2.41. The largest absolute Gasteiger partial charge is 0.465 e. The van der Waals surface area contributed by atoms with Crippen molar-refractivity contribution < 1.29 is 13.9 Å². The van der Waals surface area contributed by atoms with E-state index in [0.717, 1.165) is 25.7 Å². The van der Waals surface area contributed by atoms with Gasteiger partial charge in [0.1, 0.15) is 5.82 Å². The van der Waals surface area contributed by atoms with Crippen LogP contribution in [-0.2, 0) is 11.3 Å². The van der Waals surface area contributed by atoms with E-state index in [9.17, 15) is 18.8 Å². The number of aromatic nitrogens is 4. The third-order valence-corrected chi connectivity index (χ3v) is 6.37. The topological polar surface area (TPSA) is 88.1 Å². The average molecular weight is 462 g/mol. The number of rotatable bonds is 5. The molecule has 0 bridgehead atoms. The lowest BCUT2D eigenvalue weighted by Gasteiger charge is -2.17. The molecule has 1 saturated carbocycles. The van der Waals surface area contributed by atoms with Crippen molar-refractivity contribution in [3.8, 4) is 5.69 Å². The molecule has 0 unspecified atom stereocenters. The number of hydrogen-bond acceptors (Lipinski definition) is 5. The van der Waals surface area contributed by atoms with Gasteiger partial charge in [0.25, 0.3) is 5.56 Å². The lowest BCUT2D eigenvalue weighted by atomic mass is 10.1. The molecule has 9 heteroatoms. The van der Waals surface area contributed by atoms with Gasteiger partial charge in [-0.25, -0.2) is 23.5 Å². The van der Waals surface area contributed by atoms with Crippen molar-refractivity contribution in [2.24, 2.45) is 0 Å². The highest BCUT2D eigenvalue weighted by Gasteiger charge is 2.26. The summed E-state index contributed by atoms with van der Waals surface area (Å²) in [5.74, 6) is -0.984. The van der Waals surface area contributed by atoms with Crippen LogP contribution in [0.3, 0.4) is 0 Å². The van der Waals surface area contributed by atoms with Gasteiger partial charge >= 0.3 is 11.7 Å². The van der Waals surface area contributed by atoms with Gasteiger partial charge in [0.15, 0.2) is 11.2 Å². The van der Waals surface area contributed by atoms with Crippen LogP contribution < -0.4 is 11.2 Å². The number of carbonyl (C=O) groups excluding carboxylic acids is 1. The maximum Gasteiger partial charge on any atom is 0.338 e. The fourth-order valence-electron chi connectivity index (χ4n) is 4.76. The van der Waals surface area contributed by atoms with E-state index in [1.807, 2.05) is 0 Å². The normalized spacial score (nSPS) is 14.1. The number of ether oxygens (including phenoxy) is 1. The van der Waals surface area contributed by atoms with Crippen LogP contribution in [0.2, 0.25) is 0 Å². The van der Waals surface area contributed by atoms with Gasteiger partial charge in [-0.1, -0.05) is 37.1 Å². The van der Waals surface area contributed by atoms with Crippen molar-refractivity contribution >= 4 is 17.1 Å². The van der Waals surface area contributed by atoms with Gasteiger partial charge in [0, 0.05) is 6.04 Å². The van der Waals surface area contributed by atoms with Crippen LogP contribution in [0, 0.1) is 5.82 Å². The summed E-state index contributed by atoms with van der Waals surface area (Å²) >= 11 is 0. The molecule has 0 saturated heterocycles. The molecular weight excluding hydrogens is 439 g/mol. The molecule has 0 N–H and O–H groups in total. The van der Waals surface area contributed by atoms with E-state index in [4.69, 9.17) is 4.74 Å². The first-order chi connectivity index (χ1) is 16.5. The van der Waals surface area contributed by atoms with Crippen molar-refractivity contribution in [2.75, 3.05) is 7.11 Å². The standard InChI is InChI=1S/C25H23FN4O4/c1-34-24(32)20-12-5-2-7-16(20)14-28-15-27-22-21(28)23(31)30(18-9-3-4-10-18)25(33)29(22)19-11-6-8-17(26)13-19/h2,5-8,11-13,15,18H,3-4,9-10,14H2,1H3. The number of halogens is 1. The molecule has 174 valence electrons. The van der Waals surface area contributed by atoms with Gasteiger partial charge in [-0.2, -0.15) is 0 Å². The molecule has 4 aromatic rings. The van der Waals surface area contributed by atoms with E-state index in [0.29, 0.717) is 16.8 Å². The predicted molar refractivity (Wildman–Crippen MR) is 124 cm³/mol. The molecule has 5 rings (SSSR count). The third-order valence-electron chi connectivity index (χ3n) is 6.37. The number of methoxy groups -OCH3 is 1. The van der Waals surface area contributed by atoms with E-state index in [2.05, 4.69) is 4.98 Å². The van der Waals surface area contributed by atoms with E-state index >= 15 is 0 Å². The average Bonchev–Trinajstić information content (AvgIpc) is 3.50. The molecular formula is C25H23FN4O4. The maximum absolute atomic E-state index is 14.1. The Labute approximate surface area is 193 Å². The van der Waals surface area contributed by atoms with Crippen LogP contribution in [0.4, 0.5) is 4.39 Å². The zero-order chi connectivity index (χ0) is 23.8. The van der Waals surface area contributed by atoms with E-state index in [1.54, 1.807) is 34.9 Å². The summed E-state index contributed by atoms with van der Waals surface area (Å²) in [4.78, 5) is 43.8. The van der Waals surface area contributed by atoms with Crippen LogP contribution in [0.1, 0.15) is 47.6 Å². The number of hydrogen-bond donors (Lipinski definition) is 0. The highest BCUT2D eigenvalue weighted by Crippen LogP contribution is 2.28. The first-order valence-electron chi connectivity index (χ1n) is 11.1. The molecule has 8 nitrogen and oxygen atoms in total. The van der Waals surface area contributed by atoms with Gasteiger partial charge in [-0.15, -0.1) is 0 Å². The van der Waals surface area contributed by atoms with Gasteiger partial charge in [0.05, 0.1) is 31.2 Å². The van der Waals surface area contributed by atoms with Gasteiger partial charge < -0.3 is 9.30 Å². The summed E-state index contributed by atoms with van der Waals surface area (Å²) in [6, 6.07) is 12.4. The maximum atomic E-state index is 14.1. The molecule has 0 radical (unpaired) electrons. The number of nitrogens with zero attached hydrogens (tertiary/aromatic N) is 4. The molecule has 0 atom stereocenters. The van der Waals surface area contributed by atoms with E-state index in [-0.39, 0.29) is 23.8 Å². The zero-order valence-corrected chi connectivity index (χ0v) is 18.6. The minimum Gasteiger partial charge on any atom is -0.465 e. The second-order valence-electron chi connectivity index (χ2n) is 8.40. The van der Waals surface area contributed by atoms with Crippen LogP contribution in [-0.4, -0.2) is 31.8 Å². The first-order valence-corrected chi connectivity index (χ1v) is 11.1. The lowest BCUT2D eigenvalue weighted by molar-refractivity contribution is 0.0599. The quantitative estimate of drug-likeness (QED) is 0.424. The smallest absolute Gasteiger partial charge is 0.338 e. The molecule has 1 fully saturated rings. The number of fused-ring (bicyclic) bond motifs is 1. The van der Waals surface area contributed by atoms with Crippen molar-refractivity contribution in [3.05, 3.63) is 92.6 Å². The molecule has 1 aliphatic carbocycles. The summed E-state index contributed by atoms with van der Waals surface area (Å²) in [6.07, 6.45) is 4.78. The van der Waals surface area contributed by atoms with Crippen molar-refractivity contribution in [2.45, 2.75) is 38.3 Å². The molecule has 2 aromatic carbocycles. The minimum atomic E-state index is -0.532. The van der Waals surface area contributed by atoms with Gasteiger partial charge in [-0.05, 0) is 42.7 Å². The number of imidazole rings is 1. The Kier molecular flexibility index (Phi) is 5.61. The van der Waals surface area contributed by atoms with E-state index in [1.165, 1.54) is 40.8 Å². The zero-order valence-electron chi connectivity index (χ0n) is 18.6. The van der Waals surface area contributed by atoms with Crippen LogP contribution in [0.25, 0.3) is 16.9 Å². The monoisotopic (exact) mass is 462 g/mol. The SMILES string of the molecule is COC(=O)c1ccccc1Cn1cnc2c1c(=O)n(C1CCCC1)c(=O)n2-c1cccc(F)c1. The van der Waals surface area contributed by atoms with Gasteiger partial charge in [-0.3, -0.25) is 9.36 Å². The van der Waals surface area contributed by atoms with Gasteiger partial charge in [0.2, 0.25) is 0 Å². The molecule has 0 amide bonds. The van der Waals surface area contributed by atoms with E-state index < -0.39 is 23.0 Å². The predicted octanol–water partition coefficient (Wildman–Crippen LogP) is 3.44. The first kappa shape index (κ1) is 21.8.